The van der Waals surface area contributed by atoms with Crippen molar-refractivity contribution in [2.24, 2.45) is 0 Å². The third-order valence-electron chi connectivity index (χ3n) is 6.53. The average molecular weight is 417 g/mol. The summed E-state index contributed by atoms with van der Waals surface area (Å²) in [7, 11) is 0. The zero-order valence-corrected chi connectivity index (χ0v) is 20.2. The molecular weight excluding hydrogens is 368 g/mol. The van der Waals surface area contributed by atoms with Crippen LogP contribution in [0.3, 0.4) is 0 Å². The summed E-state index contributed by atoms with van der Waals surface area (Å²) < 4.78 is 0. The molecule has 0 aromatic heterocycles. The van der Waals surface area contributed by atoms with E-state index in [9.17, 15) is 9.90 Å². The van der Waals surface area contributed by atoms with E-state index < -0.39 is 11.4 Å². The Labute approximate surface area is 186 Å². The van der Waals surface area contributed by atoms with Crippen LogP contribution in [0.1, 0.15) is 135 Å². The highest BCUT2D eigenvalue weighted by Crippen LogP contribution is 2.28. The van der Waals surface area contributed by atoms with Crippen molar-refractivity contribution in [1.29, 1.82) is 0 Å². The second-order valence-corrected chi connectivity index (χ2v) is 9.64. The van der Waals surface area contributed by atoms with E-state index in [4.69, 9.17) is 0 Å². The first-order valence-corrected chi connectivity index (χ1v) is 12.8. The molecule has 0 atom stereocenters. The van der Waals surface area contributed by atoms with Gasteiger partial charge in [0, 0.05) is 0 Å². The fraction of sp³-hybridized carbons (Fsp3) is 0.750. The first-order chi connectivity index (χ1) is 14.5. The third kappa shape index (κ3) is 11.2. The van der Waals surface area contributed by atoms with Crippen LogP contribution in [-0.2, 0) is 16.6 Å². The summed E-state index contributed by atoms with van der Waals surface area (Å²) in [6.45, 7) is 5.90. The van der Waals surface area contributed by atoms with Gasteiger partial charge in [0.2, 0.25) is 0 Å². The van der Waals surface area contributed by atoms with Gasteiger partial charge in [-0.25, -0.2) is 0 Å². The average Bonchev–Trinajstić information content (AvgIpc) is 2.73. The van der Waals surface area contributed by atoms with Crippen LogP contribution in [0.4, 0.5) is 0 Å². The van der Waals surface area contributed by atoms with Crippen molar-refractivity contribution in [3.05, 3.63) is 35.4 Å². The van der Waals surface area contributed by atoms with E-state index in [0.29, 0.717) is 0 Å². The van der Waals surface area contributed by atoms with Crippen LogP contribution in [0.15, 0.2) is 24.3 Å². The van der Waals surface area contributed by atoms with Crippen LogP contribution in [0.25, 0.3) is 0 Å². The molecule has 1 aromatic carbocycles. The van der Waals surface area contributed by atoms with Crippen LogP contribution in [0.5, 0.6) is 0 Å². The molecule has 0 spiro atoms. The molecule has 2 nitrogen and oxygen atoms in total. The molecule has 0 unspecified atom stereocenters. The van der Waals surface area contributed by atoms with Gasteiger partial charge in [-0.15, -0.1) is 0 Å². The van der Waals surface area contributed by atoms with E-state index in [1.165, 1.54) is 102 Å². The van der Waals surface area contributed by atoms with Crippen LogP contribution >= 0.6 is 0 Å². The first-order valence-electron chi connectivity index (χ1n) is 12.8. The fourth-order valence-electron chi connectivity index (χ4n) is 4.33. The summed E-state index contributed by atoms with van der Waals surface area (Å²) >= 11 is 0. The molecule has 0 aliphatic carbocycles. The molecule has 172 valence electrons. The Balaban J connectivity index is 2.01. The van der Waals surface area contributed by atoms with Gasteiger partial charge in [-0.1, -0.05) is 128 Å². The van der Waals surface area contributed by atoms with Crippen LogP contribution in [-0.4, -0.2) is 11.1 Å². The Bertz CT molecular complexity index is 562. The predicted molar refractivity (Wildman–Crippen MR) is 130 cm³/mol. The van der Waals surface area contributed by atoms with Crippen molar-refractivity contribution >= 4 is 5.97 Å². The standard InChI is InChI=1S/C28H48O2/c1-4-5-6-7-8-9-10-11-12-13-14-15-16-17-18-19-22-25-23-20-21-24-26(25)28(2,3)27(29)30/h20-21,23-24H,4-19,22H2,1-3H3,(H,29,30). The van der Waals surface area contributed by atoms with Crippen molar-refractivity contribution in [3.8, 4) is 0 Å². The number of carboxylic acids is 1. The molecule has 1 aromatic rings. The molecule has 0 aliphatic heterocycles. The van der Waals surface area contributed by atoms with Crippen LogP contribution in [0, 0.1) is 0 Å². The Morgan fingerprint density at radius 1 is 0.700 bits per heavy atom. The van der Waals surface area contributed by atoms with Gasteiger partial charge >= 0.3 is 5.97 Å². The summed E-state index contributed by atoms with van der Waals surface area (Å²) in [5.74, 6) is -0.748. The van der Waals surface area contributed by atoms with E-state index in [1.807, 2.05) is 32.0 Å². The van der Waals surface area contributed by atoms with Gasteiger partial charge in [-0.3, -0.25) is 4.79 Å². The molecule has 0 bridgehead atoms. The number of unbranched alkanes of at least 4 members (excludes halogenated alkanes) is 15. The lowest BCUT2D eigenvalue weighted by Gasteiger charge is -2.23. The Morgan fingerprint density at radius 2 is 1.10 bits per heavy atom. The normalized spacial score (nSPS) is 11.7. The third-order valence-corrected chi connectivity index (χ3v) is 6.53. The summed E-state index contributed by atoms with van der Waals surface area (Å²) in [5.41, 5.74) is 1.36. The van der Waals surface area contributed by atoms with Crippen molar-refractivity contribution < 1.29 is 9.90 Å². The van der Waals surface area contributed by atoms with Gasteiger partial charge in [0.05, 0.1) is 5.41 Å². The molecule has 0 radical (unpaired) electrons. The lowest BCUT2D eigenvalue weighted by molar-refractivity contribution is -0.142. The van der Waals surface area contributed by atoms with Crippen molar-refractivity contribution in [3.63, 3.8) is 0 Å². The number of benzene rings is 1. The number of aryl methyl sites for hydroxylation is 1. The highest BCUT2D eigenvalue weighted by atomic mass is 16.4. The largest absolute Gasteiger partial charge is 0.481 e. The quantitative estimate of drug-likeness (QED) is 0.229. The molecule has 0 fully saturated rings. The molecule has 0 amide bonds. The second kappa shape index (κ2) is 16.4. The molecule has 0 heterocycles. The minimum absolute atomic E-state index is 0.748. The number of hydrogen-bond donors (Lipinski definition) is 1. The Hall–Kier alpha value is -1.31. The summed E-state index contributed by atoms with van der Waals surface area (Å²) in [6, 6.07) is 8.07. The van der Waals surface area contributed by atoms with E-state index in [0.717, 1.165) is 18.4 Å². The Kier molecular flexibility index (Phi) is 14.6. The molecule has 0 saturated heterocycles. The second-order valence-electron chi connectivity index (χ2n) is 9.64. The molecule has 0 aliphatic rings. The molecule has 30 heavy (non-hydrogen) atoms. The van der Waals surface area contributed by atoms with Crippen molar-refractivity contribution in [2.45, 2.75) is 135 Å². The van der Waals surface area contributed by atoms with E-state index in [1.54, 1.807) is 0 Å². The summed E-state index contributed by atoms with van der Waals surface area (Å²) in [5, 5.41) is 9.53. The lowest BCUT2D eigenvalue weighted by atomic mass is 9.81. The van der Waals surface area contributed by atoms with Gasteiger partial charge in [-0.05, 0) is 37.8 Å². The zero-order chi connectivity index (χ0) is 22.1. The molecule has 0 saturated carbocycles. The van der Waals surface area contributed by atoms with Crippen molar-refractivity contribution in [1.82, 2.24) is 0 Å². The first kappa shape index (κ1) is 26.7. The van der Waals surface area contributed by atoms with Gasteiger partial charge < -0.3 is 5.11 Å². The van der Waals surface area contributed by atoms with Gasteiger partial charge in [0.25, 0.3) is 0 Å². The minimum Gasteiger partial charge on any atom is -0.481 e. The maximum absolute atomic E-state index is 11.6. The highest BCUT2D eigenvalue weighted by molar-refractivity contribution is 5.80. The molecule has 1 rings (SSSR count). The van der Waals surface area contributed by atoms with Crippen molar-refractivity contribution in [2.75, 3.05) is 0 Å². The molecule has 2 heteroatoms. The van der Waals surface area contributed by atoms with Crippen LogP contribution < -0.4 is 0 Å². The maximum atomic E-state index is 11.6. The highest BCUT2D eigenvalue weighted by Gasteiger charge is 2.31. The number of aliphatic carboxylic acids is 1. The number of carbonyl (C=O) groups is 1. The fourth-order valence-corrected chi connectivity index (χ4v) is 4.33. The topological polar surface area (TPSA) is 37.3 Å². The molecular formula is C28H48O2. The zero-order valence-electron chi connectivity index (χ0n) is 20.2. The monoisotopic (exact) mass is 416 g/mol. The van der Waals surface area contributed by atoms with Gasteiger partial charge in [-0.2, -0.15) is 0 Å². The summed E-state index contributed by atoms with van der Waals surface area (Å²) in [6.07, 6.45) is 23.0. The maximum Gasteiger partial charge on any atom is 0.313 e. The number of carboxylic acid groups (broad SMARTS) is 1. The minimum atomic E-state index is -0.814. The van der Waals surface area contributed by atoms with Gasteiger partial charge in [0.1, 0.15) is 0 Å². The predicted octanol–water partition coefficient (Wildman–Crippen LogP) is 8.85. The van der Waals surface area contributed by atoms with E-state index in [-0.39, 0.29) is 0 Å². The SMILES string of the molecule is CCCCCCCCCCCCCCCCCCc1ccccc1C(C)(C)C(=O)O. The summed E-state index contributed by atoms with van der Waals surface area (Å²) in [4.78, 5) is 11.6. The molecule has 1 N–H and O–H groups in total. The van der Waals surface area contributed by atoms with Gasteiger partial charge in [0.15, 0.2) is 0 Å². The smallest absolute Gasteiger partial charge is 0.313 e. The number of rotatable bonds is 19. The van der Waals surface area contributed by atoms with E-state index in [2.05, 4.69) is 13.0 Å². The Morgan fingerprint density at radius 3 is 1.53 bits per heavy atom. The lowest BCUT2D eigenvalue weighted by Crippen LogP contribution is -2.29. The number of hydrogen-bond acceptors (Lipinski definition) is 1. The van der Waals surface area contributed by atoms with Crippen LogP contribution in [0.2, 0.25) is 0 Å². The van der Waals surface area contributed by atoms with E-state index >= 15 is 0 Å².